The molecule has 2 aliphatic rings. The standard InChI is InChI=1S/C17H25N3O2/c21-16-5-1-4-15(13-16)19-9-11-20(12-10-19)17(22)14-3-2-7-18-8-6-14/h1,4-5,13-14,18,21H,2-3,6-12H2/t14-/m0/s1. The molecule has 1 aromatic carbocycles. The second kappa shape index (κ2) is 7.01. The first-order chi connectivity index (χ1) is 10.7. The predicted octanol–water partition coefficient (Wildman–Crippen LogP) is 1.43. The lowest BCUT2D eigenvalue weighted by molar-refractivity contribution is -0.136. The molecule has 1 aromatic rings. The monoisotopic (exact) mass is 303 g/mol. The highest BCUT2D eigenvalue weighted by atomic mass is 16.3. The summed E-state index contributed by atoms with van der Waals surface area (Å²) in [5.41, 5.74) is 1.03. The smallest absolute Gasteiger partial charge is 0.225 e. The minimum Gasteiger partial charge on any atom is -0.508 e. The minimum absolute atomic E-state index is 0.197. The molecule has 0 aromatic heterocycles. The van der Waals surface area contributed by atoms with Crippen LogP contribution in [-0.2, 0) is 4.79 Å². The summed E-state index contributed by atoms with van der Waals surface area (Å²) in [5.74, 6) is 0.823. The molecule has 0 aliphatic carbocycles. The summed E-state index contributed by atoms with van der Waals surface area (Å²) >= 11 is 0. The van der Waals surface area contributed by atoms with E-state index in [2.05, 4.69) is 10.2 Å². The number of aromatic hydroxyl groups is 1. The van der Waals surface area contributed by atoms with E-state index >= 15 is 0 Å². The number of nitrogens with zero attached hydrogens (tertiary/aromatic N) is 2. The third-order valence-electron chi connectivity index (χ3n) is 4.71. The number of phenolic OH excluding ortho intramolecular Hbond substituents is 1. The van der Waals surface area contributed by atoms with Gasteiger partial charge in [0.2, 0.25) is 5.91 Å². The van der Waals surface area contributed by atoms with Gasteiger partial charge in [-0.05, 0) is 44.5 Å². The quantitative estimate of drug-likeness (QED) is 0.868. The Morgan fingerprint density at radius 2 is 1.95 bits per heavy atom. The fraction of sp³-hybridized carbons (Fsp3) is 0.588. The molecular weight excluding hydrogens is 278 g/mol. The summed E-state index contributed by atoms with van der Waals surface area (Å²) in [7, 11) is 0. The molecule has 0 unspecified atom stereocenters. The molecule has 2 saturated heterocycles. The van der Waals surface area contributed by atoms with Crippen molar-refractivity contribution >= 4 is 11.6 Å². The topological polar surface area (TPSA) is 55.8 Å². The zero-order valence-corrected chi connectivity index (χ0v) is 13.0. The number of carbonyl (C=O) groups excluding carboxylic acids is 1. The van der Waals surface area contributed by atoms with Crippen LogP contribution < -0.4 is 10.2 Å². The molecule has 0 saturated carbocycles. The molecule has 0 radical (unpaired) electrons. The van der Waals surface area contributed by atoms with E-state index in [0.717, 1.165) is 64.2 Å². The van der Waals surface area contributed by atoms with E-state index in [1.807, 2.05) is 17.0 Å². The molecule has 1 atom stereocenters. The van der Waals surface area contributed by atoms with Crippen molar-refractivity contribution in [1.82, 2.24) is 10.2 Å². The van der Waals surface area contributed by atoms with Gasteiger partial charge in [-0.2, -0.15) is 0 Å². The van der Waals surface area contributed by atoms with Crippen LogP contribution in [0, 0.1) is 5.92 Å². The van der Waals surface area contributed by atoms with E-state index in [4.69, 9.17) is 0 Å². The van der Waals surface area contributed by atoms with E-state index in [1.165, 1.54) is 0 Å². The fourth-order valence-electron chi connectivity index (χ4n) is 3.40. The van der Waals surface area contributed by atoms with Gasteiger partial charge in [-0.1, -0.05) is 6.07 Å². The van der Waals surface area contributed by atoms with Crippen LogP contribution in [0.2, 0.25) is 0 Å². The fourth-order valence-corrected chi connectivity index (χ4v) is 3.40. The molecule has 0 bridgehead atoms. The van der Waals surface area contributed by atoms with Gasteiger partial charge in [0.05, 0.1) is 0 Å². The van der Waals surface area contributed by atoms with Crippen molar-refractivity contribution in [3.05, 3.63) is 24.3 Å². The van der Waals surface area contributed by atoms with Crippen LogP contribution in [0.15, 0.2) is 24.3 Å². The Morgan fingerprint density at radius 1 is 1.14 bits per heavy atom. The van der Waals surface area contributed by atoms with E-state index in [-0.39, 0.29) is 5.92 Å². The summed E-state index contributed by atoms with van der Waals surface area (Å²) in [6.07, 6.45) is 3.07. The highest BCUT2D eigenvalue weighted by Gasteiger charge is 2.27. The Balaban J connectivity index is 1.55. The number of piperazine rings is 1. The number of hydrogen-bond acceptors (Lipinski definition) is 4. The number of carbonyl (C=O) groups is 1. The number of hydrogen-bond donors (Lipinski definition) is 2. The van der Waals surface area contributed by atoms with E-state index < -0.39 is 0 Å². The van der Waals surface area contributed by atoms with Crippen LogP contribution in [0.4, 0.5) is 5.69 Å². The zero-order chi connectivity index (χ0) is 15.4. The SMILES string of the molecule is O=C([C@H]1CCCNCC1)N1CCN(c2cccc(O)c2)CC1. The van der Waals surface area contributed by atoms with E-state index in [1.54, 1.807) is 12.1 Å². The lowest BCUT2D eigenvalue weighted by Crippen LogP contribution is -2.50. The molecule has 22 heavy (non-hydrogen) atoms. The molecule has 1 amide bonds. The van der Waals surface area contributed by atoms with Gasteiger partial charge in [-0.25, -0.2) is 0 Å². The first-order valence-corrected chi connectivity index (χ1v) is 8.27. The summed E-state index contributed by atoms with van der Waals surface area (Å²) < 4.78 is 0. The van der Waals surface area contributed by atoms with Gasteiger partial charge >= 0.3 is 0 Å². The van der Waals surface area contributed by atoms with Gasteiger partial charge in [-0.15, -0.1) is 0 Å². The number of rotatable bonds is 2. The molecule has 0 spiro atoms. The molecule has 2 heterocycles. The Labute approximate surface area is 131 Å². The number of phenols is 1. The molecule has 2 aliphatic heterocycles. The molecule has 3 rings (SSSR count). The average molecular weight is 303 g/mol. The first kappa shape index (κ1) is 15.2. The predicted molar refractivity (Wildman–Crippen MR) is 87.1 cm³/mol. The molecular formula is C17H25N3O2. The third kappa shape index (κ3) is 3.53. The molecule has 2 fully saturated rings. The summed E-state index contributed by atoms with van der Waals surface area (Å²) in [6, 6.07) is 7.34. The molecule has 5 nitrogen and oxygen atoms in total. The van der Waals surface area contributed by atoms with E-state index in [0.29, 0.717) is 11.7 Å². The van der Waals surface area contributed by atoms with Crippen LogP contribution in [0.25, 0.3) is 0 Å². The maximum absolute atomic E-state index is 12.6. The first-order valence-electron chi connectivity index (χ1n) is 8.27. The Kier molecular flexibility index (Phi) is 4.83. The number of nitrogens with one attached hydrogen (secondary N) is 1. The average Bonchev–Trinajstić information content (AvgIpc) is 2.84. The van der Waals surface area contributed by atoms with Crippen LogP contribution >= 0.6 is 0 Å². The zero-order valence-electron chi connectivity index (χ0n) is 13.0. The second-order valence-electron chi connectivity index (χ2n) is 6.21. The number of benzene rings is 1. The van der Waals surface area contributed by atoms with Gasteiger partial charge in [0, 0.05) is 43.9 Å². The van der Waals surface area contributed by atoms with Gasteiger partial charge < -0.3 is 20.2 Å². The summed E-state index contributed by atoms with van der Waals surface area (Å²) in [6.45, 7) is 5.21. The number of amides is 1. The summed E-state index contributed by atoms with van der Waals surface area (Å²) in [5, 5.41) is 12.9. The highest BCUT2D eigenvalue weighted by molar-refractivity contribution is 5.79. The van der Waals surface area contributed by atoms with Crippen LogP contribution in [0.3, 0.4) is 0 Å². The minimum atomic E-state index is 0.197. The Morgan fingerprint density at radius 3 is 2.73 bits per heavy atom. The third-order valence-corrected chi connectivity index (χ3v) is 4.71. The van der Waals surface area contributed by atoms with Crippen molar-refractivity contribution in [3.63, 3.8) is 0 Å². The molecule has 5 heteroatoms. The van der Waals surface area contributed by atoms with Crippen LogP contribution in [-0.4, -0.2) is 55.2 Å². The lowest BCUT2D eigenvalue weighted by Gasteiger charge is -2.37. The maximum Gasteiger partial charge on any atom is 0.225 e. The highest BCUT2D eigenvalue weighted by Crippen LogP contribution is 2.23. The Hall–Kier alpha value is -1.75. The van der Waals surface area contributed by atoms with Crippen molar-refractivity contribution in [1.29, 1.82) is 0 Å². The van der Waals surface area contributed by atoms with Crippen LogP contribution in [0.5, 0.6) is 5.75 Å². The molecule has 2 N–H and O–H groups in total. The Bertz CT molecular complexity index is 504. The van der Waals surface area contributed by atoms with Crippen LogP contribution in [0.1, 0.15) is 19.3 Å². The second-order valence-corrected chi connectivity index (χ2v) is 6.21. The van der Waals surface area contributed by atoms with Gasteiger partial charge in [0.1, 0.15) is 5.75 Å². The van der Waals surface area contributed by atoms with Gasteiger partial charge in [-0.3, -0.25) is 4.79 Å². The van der Waals surface area contributed by atoms with Gasteiger partial charge in [0.15, 0.2) is 0 Å². The number of anilines is 1. The molecule has 120 valence electrons. The van der Waals surface area contributed by atoms with Crippen molar-refractivity contribution in [2.75, 3.05) is 44.2 Å². The lowest BCUT2D eigenvalue weighted by atomic mass is 9.98. The van der Waals surface area contributed by atoms with Crippen molar-refractivity contribution in [2.24, 2.45) is 5.92 Å². The maximum atomic E-state index is 12.6. The van der Waals surface area contributed by atoms with Gasteiger partial charge in [0.25, 0.3) is 0 Å². The van der Waals surface area contributed by atoms with Crippen molar-refractivity contribution in [3.8, 4) is 5.75 Å². The largest absolute Gasteiger partial charge is 0.508 e. The summed E-state index contributed by atoms with van der Waals surface area (Å²) in [4.78, 5) is 16.9. The van der Waals surface area contributed by atoms with E-state index in [9.17, 15) is 9.90 Å². The van der Waals surface area contributed by atoms with Crippen molar-refractivity contribution < 1.29 is 9.90 Å². The normalized spacial score (nSPS) is 23.2. The van der Waals surface area contributed by atoms with Crippen molar-refractivity contribution in [2.45, 2.75) is 19.3 Å².